The number of halogens is 1. The second-order valence-corrected chi connectivity index (χ2v) is 9.64. The van der Waals surface area contributed by atoms with Crippen LogP contribution in [0.15, 0.2) is 18.2 Å². The maximum atomic E-state index is 13.1. The number of rotatable bonds is 3. The number of nitrogens with zero attached hydrogens (tertiary/aromatic N) is 3. The van der Waals surface area contributed by atoms with Crippen LogP contribution in [0.2, 0.25) is 5.02 Å². The minimum Gasteiger partial charge on any atom is -0.367 e. The number of hydrogen-bond acceptors (Lipinski definition) is 5. The van der Waals surface area contributed by atoms with Crippen molar-refractivity contribution >= 4 is 46.6 Å². The molecule has 0 radical (unpaired) electrons. The lowest BCUT2D eigenvalue weighted by Crippen LogP contribution is -2.48. The van der Waals surface area contributed by atoms with Crippen LogP contribution >= 0.6 is 23.4 Å². The van der Waals surface area contributed by atoms with Gasteiger partial charge in [0.15, 0.2) is 0 Å². The van der Waals surface area contributed by atoms with E-state index < -0.39 is 6.04 Å². The molecular formula is C19H25ClN4O2S. The number of carbonyl (C=O) groups is 2. The Morgan fingerprint density at radius 2 is 2.04 bits per heavy atom. The molecule has 6 nitrogen and oxygen atoms in total. The van der Waals surface area contributed by atoms with Crippen LogP contribution in [0, 0.1) is 0 Å². The van der Waals surface area contributed by atoms with Crippen molar-refractivity contribution in [3.63, 3.8) is 0 Å². The van der Waals surface area contributed by atoms with E-state index in [0.29, 0.717) is 17.2 Å². The van der Waals surface area contributed by atoms with Crippen LogP contribution in [-0.4, -0.2) is 71.5 Å². The molecule has 8 heteroatoms. The van der Waals surface area contributed by atoms with Gasteiger partial charge in [0.2, 0.25) is 11.8 Å². The van der Waals surface area contributed by atoms with Crippen LogP contribution in [0.1, 0.15) is 19.8 Å². The highest BCUT2D eigenvalue weighted by atomic mass is 35.5. The van der Waals surface area contributed by atoms with E-state index in [-0.39, 0.29) is 16.7 Å². The maximum absolute atomic E-state index is 13.1. The standard InChI is InChI=1S/C19H25ClN4O2S/c1-19-6-5-17(25)24(19)16(12-27-19)18(26)21-14-11-13(20)3-4-15(14)23-9-7-22(2)8-10-23/h3-4,11,16H,5-10,12H2,1-2H3,(H,21,26). The molecule has 1 aromatic rings. The van der Waals surface area contributed by atoms with Crippen molar-refractivity contribution in [3.05, 3.63) is 23.2 Å². The Labute approximate surface area is 169 Å². The summed E-state index contributed by atoms with van der Waals surface area (Å²) in [6.07, 6.45) is 1.33. The zero-order chi connectivity index (χ0) is 19.2. The number of anilines is 2. The van der Waals surface area contributed by atoms with Crippen molar-refractivity contribution in [2.45, 2.75) is 30.7 Å². The summed E-state index contributed by atoms with van der Waals surface area (Å²) in [6, 6.07) is 5.21. The van der Waals surface area contributed by atoms with Gasteiger partial charge in [0, 0.05) is 43.4 Å². The molecule has 1 N–H and O–H groups in total. The number of likely N-dealkylation sites (N-methyl/N-ethyl adjacent to an activating group) is 1. The molecule has 1 aromatic carbocycles. The zero-order valence-corrected chi connectivity index (χ0v) is 17.3. The molecule has 3 fully saturated rings. The highest BCUT2D eigenvalue weighted by molar-refractivity contribution is 8.01. The van der Waals surface area contributed by atoms with Gasteiger partial charge in [-0.15, -0.1) is 11.8 Å². The van der Waals surface area contributed by atoms with Gasteiger partial charge in [0.25, 0.3) is 0 Å². The van der Waals surface area contributed by atoms with Crippen LogP contribution in [0.5, 0.6) is 0 Å². The molecule has 0 aliphatic carbocycles. The Hall–Kier alpha value is -1.44. The summed E-state index contributed by atoms with van der Waals surface area (Å²) in [7, 11) is 2.11. The summed E-state index contributed by atoms with van der Waals surface area (Å²) < 4.78 is 0. The molecular weight excluding hydrogens is 384 g/mol. The molecule has 2 amide bonds. The largest absolute Gasteiger partial charge is 0.367 e. The fourth-order valence-corrected chi connectivity index (χ4v) is 5.77. The predicted octanol–water partition coefficient (Wildman–Crippen LogP) is 2.48. The molecule has 2 unspecified atom stereocenters. The van der Waals surface area contributed by atoms with E-state index in [1.165, 1.54) is 0 Å². The van der Waals surface area contributed by atoms with Gasteiger partial charge in [-0.3, -0.25) is 9.59 Å². The molecule has 3 aliphatic heterocycles. The fourth-order valence-electron chi connectivity index (χ4n) is 4.16. The quantitative estimate of drug-likeness (QED) is 0.832. The summed E-state index contributed by atoms with van der Waals surface area (Å²) in [6.45, 7) is 5.84. The van der Waals surface area contributed by atoms with Crippen LogP contribution in [-0.2, 0) is 9.59 Å². The molecule has 146 valence electrons. The molecule has 0 aromatic heterocycles. The minimum atomic E-state index is -0.422. The van der Waals surface area contributed by atoms with E-state index >= 15 is 0 Å². The second-order valence-electron chi connectivity index (χ2n) is 7.71. The smallest absolute Gasteiger partial charge is 0.248 e. The number of nitrogens with one attached hydrogen (secondary N) is 1. The van der Waals surface area contributed by atoms with E-state index in [9.17, 15) is 9.59 Å². The fraction of sp³-hybridized carbons (Fsp3) is 0.579. The van der Waals surface area contributed by atoms with E-state index in [1.54, 1.807) is 22.7 Å². The number of benzene rings is 1. The summed E-state index contributed by atoms with van der Waals surface area (Å²) in [5.74, 6) is 0.588. The van der Waals surface area contributed by atoms with Gasteiger partial charge >= 0.3 is 0 Å². The molecule has 0 saturated carbocycles. The molecule has 2 atom stereocenters. The van der Waals surface area contributed by atoms with Crippen LogP contribution in [0.3, 0.4) is 0 Å². The van der Waals surface area contributed by atoms with Gasteiger partial charge in [0.1, 0.15) is 6.04 Å². The SMILES string of the molecule is CN1CCN(c2ccc(Cl)cc2NC(=O)C2CSC3(C)CCC(=O)N23)CC1. The third-order valence-corrected chi connectivity index (χ3v) is 7.55. The van der Waals surface area contributed by atoms with E-state index in [0.717, 1.165) is 44.0 Å². The van der Waals surface area contributed by atoms with Crippen molar-refractivity contribution in [1.82, 2.24) is 9.80 Å². The molecule has 0 bridgehead atoms. The first kappa shape index (κ1) is 18.9. The first-order valence-electron chi connectivity index (χ1n) is 9.37. The minimum absolute atomic E-state index is 0.0769. The number of piperazine rings is 1. The molecule has 4 rings (SSSR count). The lowest BCUT2D eigenvalue weighted by atomic mass is 10.2. The number of hydrogen-bond donors (Lipinski definition) is 1. The first-order valence-corrected chi connectivity index (χ1v) is 10.7. The Kier molecular flexibility index (Phi) is 5.03. The van der Waals surface area contributed by atoms with E-state index in [1.807, 2.05) is 12.1 Å². The monoisotopic (exact) mass is 408 g/mol. The maximum Gasteiger partial charge on any atom is 0.248 e. The third-order valence-electron chi connectivity index (χ3n) is 5.81. The Bertz CT molecular complexity index is 768. The van der Waals surface area contributed by atoms with Crippen molar-refractivity contribution < 1.29 is 9.59 Å². The third kappa shape index (κ3) is 3.52. The van der Waals surface area contributed by atoms with Crippen LogP contribution in [0.4, 0.5) is 11.4 Å². The molecule has 3 aliphatic rings. The van der Waals surface area contributed by atoms with Crippen molar-refractivity contribution in [3.8, 4) is 0 Å². The van der Waals surface area contributed by atoms with Gasteiger partial charge in [-0.25, -0.2) is 0 Å². The summed E-state index contributed by atoms with van der Waals surface area (Å²) in [4.78, 5) is 31.5. The van der Waals surface area contributed by atoms with E-state index in [2.05, 4.69) is 29.1 Å². The number of fused-ring (bicyclic) bond motifs is 1. The van der Waals surface area contributed by atoms with E-state index in [4.69, 9.17) is 11.6 Å². The highest BCUT2D eigenvalue weighted by Gasteiger charge is 2.52. The van der Waals surface area contributed by atoms with Crippen molar-refractivity contribution in [1.29, 1.82) is 0 Å². The lowest BCUT2D eigenvalue weighted by Gasteiger charge is -2.35. The van der Waals surface area contributed by atoms with Gasteiger partial charge < -0.3 is 20.0 Å². The van der Waals surface area contributed by atoms with Gasteiger partial charge in [-0.2, -0.15) is 0 Å². The Morgan fingerprint density at radius 3 is 2.78 bits per heavy atom. The average Bonchev–Trinajstić information content (AvgIpc) is 3.12. The van der Waals surface area contributed by atoms with Crippen molar-refractivity contribution in [2.75, 3.05) is 49.2 Å². The Balaban J connectivity index is 1.55. The number of carbonyl (C=O) groups excluding carboxylic acids is 2. The first-order chi connectivity index (χ1) is 12.9. The van der Waals surface area contributed by atoms with Gasteiger partial charge in [-0.05, 0) is 38.6 Å². The second kappa shape index (κ2) is 7.18. The molecule has 3 saturated heterocycles. The normalized spacial score (nSPS) is 28.6. The number of amides is 2. The van der Waals surface area contributed by atoms with Crippen LogP contribution in [0.25, 0.3) is 0 Å². The topological polar surface area (TPSA) is 55.9 Å². The molecule has 27 heavy (non-hydrogen) atoms. The molecule has 3 heterocycles. The highest BCUT2D eigenvalue weighted by Crippen LogP contribution is 2.47. The average molecular weight is 409 g/mol. The van der Waals surface area contributed by atoms with Gasteiger partial charge in [0.05, 0.1) is 16.2 Å². The Morgan fingerprint density at radius 1 is 1.30 bits per heavy atom. The van der Waals surface area contributed by atoms with Crippen molar-refractivity contribution in [2.24, 2.45) is 0 Å². The van der Waals surface area contributed by atoms with Crippen LogP contribution < -0.4 is 10.2 Å². The van der Waals surface area contributed by atoms with Gasteiger partial charge in [-0.1, -0.05) is 11.6 Å². The summed E-state index contributed by atoms with van der Waals surface area (Å²) in [5.41, 5.74) is 1.71. The predicted molar refractivity (Wildman–Crippen MR) is 111 cm³/mol. The number of thioether (sulfide) groups is 1. The summed E-state index contributed by atoms with van der Waals surface area (Å²) >= 11 is 7.91. The summed E-state index contributed by atoms with van der Waals surface area (Å²) in [5, 5.41) is 3.66. The lowest BCUT2D eigenvalue weighted by molar-refractivity contribution is -0.135. The molecule has 0 spiro atoms. The zero-order valence-electron chi connectivity index (χ0n) is 15.7.